The summed E-state index contributed by atoms with van der Waals surface area (Å²) in [6.07, 6.45) is 0. The van der Waals surface area contributed by atoms with E-state index in [0.29, 0.717) is 43.8 Å². The summed E-state index contributed by atoms with van der Waals surface area (Å²) in [6.45, 7) is 0. The predicted octanol–water partition coefficient (Wildman–Crippen LogP) is 7.77. The molecule has 10 aromatic carbocycles. The molecule has 14 radical (unpaired) electrons. The Bertz CT molecular complexity index is 3980. The second kappa shape index (κ2) is 16.8. The van der Waals surface area contributed by atoms with Crippen molar-refractivity contribution in [3.8, 4) is 67.0 Å². The summed E-state index contributed by atoms with van der Waals surface area (Å²) in [6, 6.07) is 69.5. The van der Waals surface area contributed by atoms with Gasteiger partial charge in [-0.1, -0.05) is 185 Å². The highest BCUT2D eigenvalue weighted by atomic mass is 15.0. The van der Waals surface area contributed by atoms with Gasteiger partial charge in [0.1, 0.15) is 54.9 Å². The molecule has 2 aromatic heterocycles. The van der Waals surface area contributed by atoms with Crippen LogP contribution in [-0.4, -0.2) is 64.1 Å². The van der Waals surface area contributed by atoms with Gasteiger partial charge in [-0.3, -0.25) is 0 Å². The molecule has 0 aliphatic heterocycles. The van der Waals surface area contributed by atoms with Crippen molar-refractivity contribution in [2.75, 3.05) is 0 Å². The minimum atomic E-state index is 0.171. The van der Waals surface area contributed by atoms with Crippen molar-refractivity contribution in [3.63, 3.8) is 0 Å². The largest absolute Gasteiger partial charge is 0.311 e. The molecule has 2 nitrogen and oxygen atoms in total. The molecule has 304 valence electrons. The molecule has 0 N–H and O–H groups in total. The average Bonchev–Trinajstić information content (AvgIpc) is 3.94. The van der Waals surface area contributed by atoms with Gasteiger partial charge in [-0.05, 0) is 103 Å². The Kier molecular flexibility index (Phi) is 10.4. The average molecular weight is 858 g/mol. The van der Waals surface area contributed by atoms with Crippen LogP contribution in [0.1, 0.15) is 0 Å². The van der Waals surface area contributed by atoms with E-state index < -0.39 is 0 Å². The van der Waals surface area contributed by atoms with Gasteiger partial charge in [0.05, 0.1) is 11.0 Å². The molecule has 12 rings (SSSR count). The van der Waals surface area contributed by atoms with E-state index in [2.05, 4.69) is 162 Å². The van der Waals surface area contributed by atoms with E-state index in [9.17, 15) is 0 Å². The lowest BCUT2D eigenvalue weighted by atomic mass is 9.64. The van der Waals surface area contributed by atoms with Crippen LogP contribution in [0, 0.1) is 0 Å². The molecule has 0 atom stereocenters. The van der Waals surface area contributed by atoms with Gasteiger partial charge in [0.15, 0.2) is 0 Å². The van der Waals surface area contributed by atoms with Crippen molar-refractivity contribution < 1.29 is 0 Å². The van der Waals surface area contributed by atoms with E-state index in [4.69, 9.17) is 54.9 Å². The minimum Gasteiger partial charge on any atom is -0.311 e. The van der Waals surface area contributed by atoms with Gasteiger partial charge in [-0.25, -0.2) is 0 Å². The first-order valence-electron chi connectivity index (χ1n) is 22.8. The highest BCUT2D eigenvalue weighted by Gasteiger charge is 2.25. The van der Waals surface area contributed by atoms with Crippen molar-refractivity contribution in [1.82, 2.24) is 9.13 Å². The maximum Gasteiger partial charge on any atom is 0.115 e. The lowest BCUT2D eigenvalue weighted by molar-refractivity contribution is 1.18. The standard InChI is InChI=1S/C60H33B7N2/c61-52-48(53(62)57(66)59-50(52)51-54(63)55(64)56(65)58(67)60(51)69(59)43-30-25-39(26-31-43)36-15-8-3-9-16-36)41-27-32-46-45(33-41)49-44(40-21-19-37(20-22-40)34-11-4-1-5-12-34)17-10-18-47(49)68(46)42-28-23-38(24-29-42)35-13-6-2-7-14-35/h1-33H. The van der Waals surface area contributed by atoms with Crippen LogP contribution in [0.25, 0.3) is 111 Å². The number of fused-ring (bicyclic) bond motifs is 6. The lowest BCUT2D eigenvalue weighted by Gasteiger charge is -2.19. The third kappa shape index (κ3) is 6.81. The Morgan fingerprint density at radius 1 is 0.261 bits per heavy atom. The van der Waals surface area contributed by atoms with Gasteiger partial charge >= 0.3 is 0 Å². The third-order valence-corrected chi connectivity index (χ3v) is 13.8. The second-order valence-corrected chi connectivity index (χ2v) is 17.6. The number of aromatic nitrogens is 2. The quantitative estimate of drug-likeness (QED) is 0.145. The topological polar surface area (TPSA) is 9.86 Å². The minimum absolute atomic E-state index is 0.171. The SMILES string of the molecule is [B]c1c([B])c([B])c2c(c1[B])c1c([B])c(-c3ccc4c(c3)c3c(-c5ccc(-c6ccccc6)cc5)cccc3n4-c3ccc(-c4ccccc4)cc3)c([B])c([B])c1n2-c1ccc(-c2ccccc2)cc1. The van der Waals surface area contributed by atoms with Gasteiger partial charge in [0.25, 0.3) is 0 Å². The molecule has 0 aliphatic carbocycles. The molecule has 0 spiro atoms. The van der Waals surface area contributed by atoms with Crippen LogP contribution in [0.5, 0.6) is 0 Å². The molecule has 12 aromatic rings. The summed E-state index contributed by atoms with van der Waals surface area (Å²) < 4.78 is 4.27. The van der Waals surface area contributed by atoms with Crippen LogP contribution >= 0.6 is 0 Å². The maximum atomic E-state index is 7.46. The predicted molar refractivity (Wildman–Crippen MR) is 300 cm³/mol. The van der Waals surface area contributed by atoms with E-state index in [0.717, 1.165) is 83.3 Å². The number of nitrogens with zero attached hydrogens (tertiary/aromatic N) is 2. The monoisotopic (exact) mass is 858 g/mol. The molecule has 0 saturated carbocycles. The molecule has 2 heterocycles. The molecule has 0 bridgehead atoms. The van der Waals surface area contributed by atoms with Crippen LogP contribution in [0.3, 0.4) is 0 Å². The van der Waals surface area contributed by atoms with Gasteiger partial charge in [-0.15, -0.1) is 10.9 Å². The first-order valence-corrected chi connectivity index (χ1v) is 22.8. The van der Waals surface area contributed by atoms with E-state index in [1.165, 1.54) is 0 Å². The van der Waals surface area contributed by atoms with Gasteiger partial charge in [-0.2, -0.15) is 0 Å². The van der Waals surface area contributed by atoms with Crippen LogP contribution in [0.4, 0.5) is 0 Å². The number of benzene rings is 10. The van der Waals surface area contributed by atoms with E-state index >= 15 is 0 Å². The fourth-order valence-corrected chi connectivity index (χ4v) is 10.3. The summed E-state index contributed by atoms with van der Waals surface area (Å²) in [4.78, 5) is 0. The Hall–Kier alpha value is -7.75. The van der Waals surface area contributed by atoms with Crippen LogP contribution < -0.4 is 38.2 Å². The van der Waals surface area contributed by atoms with Crippen LogP contribution in [0.2, 0.25) is 0 Å². The molecule has 0 aliphatic rings. The smallest absolute Gasteiger partial charge is 0.115 e. The molecule has 0 saturated heterocycles. The van der Waals surface area contributed by atoms with Crippen LogP contribution in [0.15, 0.2) is 200 Å². The van der Waals surface area contributed by atoms with Gasteiger partial charge in [0, 0.05) is 38.6 Å². The molecule has 0 amide bonds. The zero-order valence-corrected chi connectivity index (χ0v) is 37.5. The summed E-state index contributed by atoms with van der Waals surface area (Å²) in [5.41, 5.74) is 17.1. The first kappa shape index (κ1) is 42.6. The fraction of sp³-hybridized carbons (Fsp3) is 0. The summed E-state index contributed by atoms with van der Waals surface area (Å²) in [7, 11) is 49.0. The molecule has 9 heteroatoms. The molecular weight excluding hydrogens is 824 g/mol. The number of rotatable bonds is 7. The molecular formula is C60H33B7N2. The van der Waals surface area contributed by atoms with E-state index in [-0.39, 0.29) is 21.9 Å². The zero-order valence-electron chi connectivity index (χ0n) is 37.5. The Morgan fingerprint density at radius 2 is 0.681 bits per heavy atom. The van der Waals surface area contributed by atoms with Crippen molar-refractivity contribution in [2.24, 2.45) is 0 Å². The Morgan fingerprint density at radius 3 is 1.22 bits per heavy atom. The highest BCUT2D eigenvalue weighted by Crippen LogP contribution is 2.41. The van der Waals surface area contributed by atoms with Crippen molar-refractivity contribution in [2.45, 2.75) is 0 Å². The van der Waals surface area contributed by atoms with Gasteiger partial charge in [0.2, 0.25) is 0 Å². The van der Waals surface area contributed by atoms with E-state index in [1.54, 1.807) is 0 Å². The normalized spacial score (nSPS) is 11.6. The molecule has 0 fully saturated rings. The Labute approximate surface area is 410 Å². The second-order valence-electron chi connectivity index (χ2n) is 17.6. The summed E-state index contributed by atoms with van der Waals surface area (Å²) >= 11 is 0. The third-order valence-electron chi connectivity index (χ3n) is 13.8. The van der Waals surface area contributed by atoms with Gasteiger partial charge < -0.3 is 9.13 Å². The first-order chi connectivity index (χ1) is 33.7. The Balaban J connectivity index is 1.10. The van der Waals surface area contributed by atoms with Crippen molar-refractivity contribution >= 4 is 137 Å². The summed E-state index contributed by atoms with van der Waals surface area (Å²) in [5.74, 6) is 0. The zero-order chi connectivity index (χ0) is 47.1. The summed E-state index contributed by atoms with van der Waals surface area (Å²) in [5, 5.41) is 3.21. The van der Waals surface area contributed by atoms with E-state index in [1.807, 2.05) is 47.0 Å². The maximum absolute atomic E-state index is 7.46. The van der Waals surface area contributed by atoms with Crippen molar-refractivity contribution in [1.29, 1.82) is 0 Å². The van der Waals surface area contributed by atoms with Crippen LogP contribution in [-0.2, 0) is 0 Å². The number of hydrogen-bond donors (Lipinski definition) is 0. The van der Waals surface area contributed by atoms with Crippen molar-refractivity contribution in [3.05, 3.63) is 200 Å². The molecule has 69 heavy (non-hydrogen) atoms. The lowest BCUT2D eigenvalue weighted by Crippen LogP contribution is -2.48. The highest BCUT2D eigenvalue weighted by molar-refractivity contribution is 6.69. The fourth-order valence-electron chi connectivity index (χ4n) is 10.3. The molecule has 0 unspecified atom stereocenters. The number of hydrogen-bond acceptors (Lipinski definition) is 0.